The van der Waals surface area contributed by atoms with Crippen LogP contribution in [-0.2, 0) is 24.4 Å². The van der Waals surface area contributed by atoms with Crippen LogP contribution in [0, 0.1) is 11.3 Å². The monoisotopic (exact) mass is 619 g/mol. The van der Waals surface area contributed by atoms with Crippen LogP contribution in [0.3, 0.4) is 0 Å². The van der Waals surface area contributed by atoms with Gasteiger partial charge in [0.15, 0.2) is 11.5 Å². The fraction of sp³-hybridized carbons (Fsp3) is 0.394. The third-order valence-electron chi connectivity index (χ3n) is 8.50. The first-order chi connectivity index (χ1) is 19.9. The summed E-state index contributed by atoms with van der Waals surface area (Å²) >= 11 is 3.50. The predicted molar refractivity (Wildman–Crippen MR) is 163 cm³/mol. The molecule has 3 aromatic carbocycles. The number of methoxy groups -OCH3 is 2. The summed E-state index contributed by atoms with van der Waals surface area (Å²) in [6.45, 7) is 3.87. The van der Waals surface area contributed by atoms with E-state index in [1.807, 2.05) is 30.3 Å². The quantitative estimate of drug-likeness (QED) is 0.288. The van der Waals surface area contributed by atoms with Crippen LogP contribution < -0.4 is 20.1 Å². The van der Waals surface area contributed by atoms with Crippen molar-refractivity contribution in [2.45, 2.75) is 45.3 Å². The van der Waals surface area contributed by atoms with Crippen LogP contribution in [0.4, 0.5) is 0 Å². The van der Waals surface area contributed by atoms with Crippen molar-refractivity contribution in [2.24, 2.45) is 11.3 Å². The Balaban J connectivity index is 1.07. The summed E-state index contributed by atoms with van der Waals surface area (Å²) in [7, 11) is 3.18. The number of nitrogens with one attached hydrogen (secondary N) is 2. The van der Waals surface area contributed by atoms with Crippen molar-refractivity contribution in [2.75, 3.05) is 27.3 Å². The van der Waals surface area contributed by atoms with Crippen molar-refractivity contribution in [1.29, 1.82) is 0 Å². The first kappa shape index (κ1) is 29.1. The third-order valence-corrected chi connectivity index (χ3v) is 9.03. The molecule has 2 amide bonds. The Morgan fingerprint density at radius 1 is 0.829 bits per heavy atom. The molecule has 0 aromatic heterocycles. The fourth-order valence-electron chi connectivity index (χ4n) is 5.85. The van der Waals surface area contributed by atoms with E-state index in [1.54, 1.807) is 26.4 Å². The average molecular weight is 621 g/mol. The molecule has 216 valence electrons. The molecule has 0 unspecified atom stereocenters. The Morgan fingerprint density at radius 3 is 2.07 bits per heavy atom. The van der Waals surface area contributed by atoms with Crippen LogP contribution in [0.2, 0.25) is 0 Å². The molecule has 0 radical (unpaired) electrons. The standard InChI is InChI=1S/C33H38BrN3O4/c1-40-29-12-7-25(19-30(29)41-2)21-35-31(38)26-8-3-23(4-9-26)20-36-32(39)33(15-16-33)27-13-17-37(18-14-27)22-24-5-10-28(34)11-6-24/h3-12,19,27H,13-18,20-22H2,1-2H3,(H,35,38)(H,36,39). The number of amides is 2. The van der Waals surface area contributed by atoms with E-state index in [4.69, 9.17) is 9.47 Å². The normalized spacial score (nSPS) is 16.6. The van der Waals surface area contributed by atoms with Crippen LogP contribution in [0.1, 0.15) is 52.7 Å². The van der Waals surface area contributed by atoms with Gasteiger partial charge in [-0.1, -0.05) is 46.3 Å². The lowest BCUT2D eigenvalue weighted by molar-refractivity contribution is -0.129. The van der Waals surface area contributed by atoms with E-state index in [1.165, 1.54) is 5.56 Å². The molecule has 0 spiro atoms. The second-order valence-corrected chi connectivity index (χ2v) is 12.0. The van der Waals surface area contributed by atoms with E-state index >= 15 is 0 Å². The Hall–Kier alpha value is -3.36. The summed E-state index contributed by atoms with van der Waals surface area (Å²) in [4.78, 5) is 28.5. The van der Waals surface area contributed by atoms with Crippen molar-refractivity contribution in [1.82, 2.24) is 15.5 Å². The van der Waals surface area contributed by atoms with Gasteiger partial charge in [-0.2, -0.15) is 0 Å². The lowest BCUT2D eigenvalue weighted by Crippen LogP contribution is -2.42. The number of benzene rings is 3. The lowest BCUT2D eigenvalue weighted by atomic mass is 9.80. The van der Waals surface area contributed by atoms with Crippen LogP contribution in [0.15, 0.2) is 71.2 Å². The Kier molecular flexibility index (Phi) is 9.30. The molecule has 3 aromatic rings. The van der Waals surface area contributed by atoms with E-state index in [0.29, 0.717) is 36.1 Å². The van der Waals surface area contributed by atoms with Crippen molar-refractivity contribution in [3.05, 3.63) is 93.5 Å². The molecule has 0 atom stereocenters. The average Bonchev–Trinajstić information content (AvgIpc) is 3.82. The number of halogens is 1. The largest absolute Gasteiger partial charge is 0.493 e. The molecule has 1 heterocycles. The molecule has 2 N–H and O–H groups in total. The van der Waals surface area contributed by atoms with Crippen LogP contribution in [0.5, 0.6) is 11.5 Å². The van der Waals surface area contributed by atoms with Crippen molar-refractivity contribution >= 4 is 27.7 Å². The first-order valence-electron chi connectivity index (χ1n) is 14.2. The third kappa shape index (κ3) is 7.11. The summed E-state index contributed by atoms with van der Waals surface area (Å²) in [5, 5.41) is 6.14. The second kappa shape index (κ2) is 13.1. The molecule has 41 heavy (non-hydrogen) atoms. The summed E-state index contributed by atoms with van der Waals surface area (Å²) in [6.07, 6.45) is 4.10. The second-order valence-electron chi connectivity index (χ2n) is 11.1. The minimum atomic E-state index is -0.201. The molecule has 2 aliphatic rings. The highest BCUT2D eigenvalue weighted by Crippen LogP contribution is 2.55. The van der Waals surface area contributed by atoms with Gasteiger partial charge in [-0.15, -0.1) is 0 Å². The number of piperidine rings is 1. The molecule has 5 rings (SSSR count). The van der Waals surface area contributed by atoms with Gasteiger partial charge in [-0.05, 0) is 97.8 Å². The van der Waals surface area contributed by atoms with E-state index in [0.717, 1.165) is 60.9 Å². The van der Waals surface area contributed by atoms with Gasteiger partial charge in [-0.3, -0.25) is 14.5 Å². The highest BCUT2D eigenvalue weighted by Gasteiger charge is 2.55. The number of hydrogen-bond donors (Lipinski definition) is 2. The maximum Gasteiger partial charge on any atom is 0.251 e. The van der Waals surface area contributed by atoms with Crippen molar-refractivity contribution in [3.8, 4) is 11.5 Å². The summed E-state index contributed by atoms with van der Waals surface area (Å²) < 4.78 is 11.7. The van der Waals surface area contributed by atoms with Gasteiger partial charge in [0.1, 0.15) is 0 Å². The number of carbonyl (C=O) groups excluding carboxylic acids is 2. The first-order valence-corrected chi connectivity index (χ1v) is 15.0. The van der Waals surface area contributed by atoms with Gasteiger partial charge in [0.25, 0.3) is 5.91 Å². The molecule has 7 nitrogen and oxygen atoms in total. The van der Waals surface area contributed by atoms with Gasteiger partial charge in [0, 0.05) is 29.7 Å². The minimum Gasteiger partial charge on any atom is -0.493 e. The number of carbonyl (C=O) groups is 2. The van der Waals surface area contributed by atoms with Crippen LogP contribution >= 0.6 is 15.9 Å². The summed E-state index contributed by atoms with van der Waals surface area (Å²) in [6, 6.07) is 21.5. The van der Waals surface area contributed by atoms with Gasteiger partial charge < -0.3 is 20.1 Å². The Bertz CT molecular complexity index is 1350. The maximum absolute atomic E-state index is 13.3. The Labute approximate surface area is 250 Å². The van der Waals surface area contributed by atoms with Gasteiger partial charge in [0.2, 0.25) is 5.91 Å². The Morgan fingerprint density at radius 2 is 1.44 bits per heavy atom. The smallest absolute Gasteiger partial charge is 0.251 e. The molecule has 1 aliphatic heterocycles. The zero-order valence-electron chi connectivity index (χ0n) is 23.8. The minimum absolute atomic E-state index is 0.154. The van der Waals surface area contributed by atoms with Gasteiger partial charge in [0.05, 0.1) is 19.6 Å². The van der Waals surface area contributed by atoms with Gasteiger partial charge in [-0.25, -0.2) is 0 Å². The fourth-order valence-corrected chi connectivity index (χ4v) is 6.12. The number of nitrogens with zero attached hydrogens (tertiary/aromatic N) is 1. The molecular weight excluding hydrogens is 582 g/mol. The molecule has 1 saturated carbocycles. The number of ether oxygens (including phenoxy) is 2. The highest BCUT2D eigenvalue weighted by molar-refractivity contribution is 9.10. The topological polar surface area (TPSA) is 79.9 Å². The van der Waals surface area contributed by atoms with E-state index in [9.17, 15) is 9.59 Å². The van der Waals surface area contributed by atoms with E-state index < -0.39 is 0 Å². The molecular formula is C33H38BrN3O4. The number of likely N-dealkylation sites (tertiary alicyclic amines) is 1. The molecule has 8 heteroatoms. The summed E-state index contributed by atoms with van der Waals surface area (Å²) in [5.74, 6) is 1.75. The summed E-state index contributed by atoms with van der Waals surface area (Å²) in [5.41, 5.74) is 3.60. The van der Waals surface area contributed by atoms with Crippen LogP contribution in [0.25, 0.3) is 0 Å². The zero-order chi connectivity index (χ0) is 28.8. The number of hydrogen-bond acceptors (Lipinski definition) is 5. The molecule has 2 fully saturated rings. The lowest BCUT2D eigenvalue weighted by Gasteiger charge is -2.36. The molecule has 0 bridgehead atoms. The molecule has 1 aliphatic carbocycles. The van der Waals surface area contributed by atoms with E-state index in [2.05, 4.69) is 55.7 Å². The SMILES string of the molecule is COc1ccc(CNC(=O)c2ccc(CNC(=O)C3(C4CCN(Cc5ccc(Br)cc5)CC4)CC3)cc2)cc1OC. The van der Waals surface area contributed by atoms with Gasteiger partial charge >= 0.3 is 0 Å². The maximum atomic E-state index is 13.3. The van der Waals surface area contributed by atoms with Crippen molar-refractivity contribution in [3.63, 3.8) is 0 Å². The highest BCUT2D eigenvalue weighted by atomic mass is 79.9. The van der Waals surface area contributed by atoms with Crippen LogP contribution in [-0.4, -0.2) is 44.0 Å². The number of rotatable bonds is 11. The zero-order valence-corrected chi connectivity index (χ0v) is 25.3. The van der Waals surface area contributed by atoms with E-state index in [-0.39, 0.29) is 17.2 Å². The predicted octanol–water partition coefficient (Wildman–Crippen LogP) is 5.70. The molecule has 1 saturated heterocycles. The van der Waals surface area contributed by atoms with Crippen molar-refractivity contribution < 1.29 is 19.1 Å².